The Bertz CT molecular complexity index is 573. The Kier molecular flexibility index (Phi) is 4.16. The maximum absolute atomic E-state index is 11.8. The van der Waals surface area contributed by atoms with Gasteiger partial charge in [-0.3, -0.25) is 4.79 Å². The number of benzene rings is 1. The molecule has 18 heavy (non-hydrogen) atoms. The third kappa shape index (κ3) is 2.98. The third-order valence-electron chi connectivity index (χ3n) is 2.31. The summed E-state index contributed by atoms with van der Waals surface area (Å²) in [7, 11) is 0. The van der Waals surface area contributed by atoms with Crippen molar-refractivity contribution in [3.8, 4) is 0 Å². The van der Waals surface area contributed by atoms with Crippen molar-refractivity contribution >= 4 is 40.4 Å². The number of hydrogen-bond acceptors (Lipinski definition) is 4. The average Bonchev–Trinajstić information content (AvgIpc) is 2.76. The van der Waals surface area contributed by atoms with Gasteiger partial charge in [0.15, 0.2) is 0 Å². The molecule has 0 aliphatic heterocycles. The van der Waals surface area contributed by atoms with E-state index in [2.05, 4.69) is 15.5 Å². The molecule has 0 fully saturated rings. The van der Waals surface area contributed by atoms with E-state index in [-0.39, 0.29) is 21.4 Å². The van der Waals surface area contributed by atoms with E-state index >= 15 is 0 Å². The number of hydrogen-bond donors (Lipinski definition) is 1. The summed E-state index contributed by atoms with van der Waals surface area (Å²) in [6.07, 6.45) is 0. The number of halogens is 2. The highest BCUT2D eigenvalue weighted by molar-refractivity contribution is 7.17. The van der Waals surface area contributed by atoms with Crippen LogP contribution in [0.3, 0.4) is 0 Å². The molecule has 7 heteroatoms. The molecule has 1 N–H and O–H groups in total. The molecule has 94 valence electrons. The van der Waals surface area contributed by atoms with Gasteiger partial charge in [0, 0.05) is 5.02 Å². The lowest BCUT2D eigenvalue weighted by Crippen LogP contribution is -2.26. The lowest BCUT2D eigenvalue weighted by atomic mass is 10.1. The van der Waals surface area contributed by atoms with Crippen molar-refractivity contribution in [1.82, 2.24) is 15.5 Å². The molecular formula is C11H9Cl2N3OS. The molecule has 0 bridgehead atoms. The van der Waals surface area contributed by atoms with E-state index in [0.717, 1.165) is 16.9 Å². The molecule has 0 saturated carbocycles. The van der Waals surface area contributed by atoms with Crippen molar-refractivity contribution in [1.29, 1.82) is 0 Å². The minimum atomic E-state index is -0.313. The Balaban J connectivity index is 2.10. The monoisotopic (exact) mass is 301 g/mol. The van der Waals surface area contributed by atoms with Crippen molar-refractivity contribution in [3.05, 3.63) is 44.3 Å². The first-order valence-corrected chi connectivity index (χ1v) is 6.69. The standard InChI is InChI=1S/C11H9Cl2N3OS/c1-6(7-4-2-3-5-8(7)12)14-9(17)10-15-16-11(13)18-10/h2-6H,1H3,(H,14,17). The number of nitrogens with one attached hydrogen (secondary N) is 1. The van der Waals surface area contributed by atoms with Crippen molar-refractivity contribution in [2.24, 2.45) is 0 Å². The fourth-order valence-corrected chi connectivity index (χ4v) is 2.49. The highest BCUT2D eigenvalue weighted by Crippen LogP contribution is 2.23. The van der Waals surface area contributed by atoms with E-state index in [1.54, 1.807) is 6.07 Å². The topological polar surface area (TPSA) is 54.9 Å². The molecule has 1 aromatic heterocycles. The molecule has 0 aliphatic rings. The molecule has 2 rings (SSSR count). The normalized spacial score (nSPS) is 12.2. The van der Waals surface area contributed by atoms with Crippen molar-refractivity contribution in [2.75, 3.05) is 0 Å². The van der Waals surface area contributed by atoms with Crippen LogP contribution in [-0.4, -0.2) is 16.1 Å². The van der Waals surface area contributed by atoms with E-state index in [4.69, 9.17) is 23.2 Å². The summed E-state index contributed by atoms with van der Waals surface area (Å²) in [6, 6.07) is 7.13. The zero-order valence-electron chi connectivity index (χ0n) is 9.35. The zero-order valence-corrected chi connectivity index (χ0v) is 11.7. The van der Waals surface area contributed by atoms with Crippen LogP contribution in [0.4, 0.5) is 0 Å². The van der Waals surface area contributed by atoms with Gasteiger partial charge in [-0.05, 0) is 30.2 Å². The van der Waals surface area contributed by atoms with Crippen LogP contribution in [0, 0.1) is 0 Å². The highest BCUT2D eigenvalue weighted by atomic mass is 35.5. The van der Waals surface area contributed by atoms with Crippen LogP contribution < -0.4 is 5.32 Å². The predicted molar refractivity (Wildman–Crippen MR) is 72.3 cm³/mol. The van der Waals surface area contributed by atoms with Gasteiger partial charge in [-0.25, -0.2) is 0 Å². The van der Waals surface area contributed by atoms with E-state index in [1.807, 2.05) is 25.1 Å². The molecule has 1 heterocycles. The van der Waals surface area contributed by atoms with E-state index in [9.17, 15) is 4.79 Å². The van der Waals surface area contributed by atoms with Crippen LogP contribution in [0.25, 0.3) is 0 Å². The van der Waals surface area contributed by atoms with E-state index in [1.165, 1.54) is 0 Å². The van der Waals surface area contributed by atoms with E-state index < -0.39 is 0 Å². The second kappa shape index (κ2) is 5.65. The number of aromatic nitrogens is 2. The van der Waals surface area contributed by atoms with Gasteiger partial charge >= 0.3 is 0 Å². The van der Waals surface area contributed by atoms with E-state index in [0.29, 0.717) is 5.02 Å². The molecular weight excluding hydrogens is 293 g/mol. The molecule has 1 unspecified atom stereocenters. The Hall–Kier alpha value is -1.17. The minimum absolute atomic E-state index is 0.214. The van der Waals surface area contributed by atoms with Crippen LogP contribution in [0.5, 0.6) is 0 Å². The van der Waals surface area contributed by atoms with Crippen LogP contribution in [0.2, 0.25) is 9.49 Å². The lowest BCUT2D eigenvalue weighted by molar-refractivity contribution is 0.0939. The summed E-state index contributed by atoms with van der Waals surface area (Å²) < 4.78 is 0.241. The summed E-state index contributed by atoms with van der Waals surface area (Å²) in [5, 5.41) is 10.9. The van der Waals surface area contributed by atoms with Gasteiger partial charge in [0.1, 0.15) is 0 Å². The molecule has 2 aromatic rings. The Morgan fingerprint density at radius 1 is 1.33 bits per heavy atom. The quantitative estimate of drug-likeness (QED) is 0.946. The molecule has 1 amide bonds. The van der Waals surface area contributed by atoms with Gasteiger partial charge < -0.3 is 5.32 Å². The second-order valence-electron chi connectivity index (χ2n) is 3.58. The maximum Gasteiger partial charge on any atom is 0.282 e. The zero-order chi connectivity index (χ0) is 13.1. The molecule has 1 atom stereocenters. The van der Waals surface area contributed by atoms with Gasteiger partial charge in [-0.2, -0.15) is 0 Å². The number of carbonyl (C=O) groups is 1. The first kappa shape index (κ1) is 13.3. The predicted octanol–water partition coefficient (Wildman–Crippen LogP) is 3.34. The third-order valence-corrected chi connectivity index (χ3v) is 3.68. The summed E-state index contributed by atoms with van der Waals surface area (Å²) in [4.78, 5) is 11.8. The molecule has 0 saturated heterocycles. The minimum Gasteiger partial charge on any atom is -0.343 e. The average molecular weight is 302 g/mol. The van der Waals surface area contributed by atoms with Gasteiger partial charge in [0.2, 0.25) is 9.47 Å². The fraction of sp³-hybridized carbons (Fsp3) is 0.182. The van der Waals surface area contributed by atoms with Gasteiger partial charge in [-0.15, -0.1) is 10.2 Å². The van der Waals surface area contributed by atoms with Crippen molar-refractivity contribution in [2.45, 2.75) is 13.0 Å². The molecule has 0 spiro atoms. The summed E-state index contributed by atoms with van der Waals surface area (Å²) in [6.45, 7) is 1.85. The van der Waals surface area contributed by atoms with Gasteiger partial charge in [-0.1, -0.05) is 41.1 Å². The van der Waals surface area contributed by atoms with Gasteiger partial charge in [0.25, 0.3) is 5.91 Å². The number of nitrogens with zero attached hydrogens (tertiary/aromatic N) is 2. The van der Waals surface area contributed by atoms with Gasteiger partial charge in [0.05, 0.1) is 6.04 Å². The first-order chi connectivity index (χ1) is 8.58. The van der Waals surface area contributed by atoms with Crippen molar-refractivity contribution in [3.63, 3.8) is 0 Å². The molecule has 0 radical (unpaired) electrons. The van der Waals surface area contributed by atoms with Crippen LogP contribution in [0.15, 0.2) is 24.3 Å². The number of rotatable bonds is 3. The first-order valence-electron chi connectivity index (χ1n) is 5.12. The summed E-state index contributed by atoms with van der Waals surface area (Å²) in [5.74, 6) is -0.313. The maximum atomic E-state index is 11.8. The Labute approximate surface area is 118 Å². The lowest BCUT2D eigenvalue weighted by Gasteiger charge is -2.14. The highest BCUT2D eigenvalue weighted by Gasteiger charge is 2.16. The smallest absolute Gasteiger partial charge is 0.282 e. The number of amides is 1. The largest absolute Gasteiger partial charge is 0.343 e. The molecule has 1 aromatic carbocycles. The molecule has 0 aliphatic carbocycles. The molecule has 4 nitrogen and oxygen atoms in total. The van der Waals surface area contributed by atoms with Crippen LogP contribution >= 0.6 is 34.5 Å². The summed E-state index contributed by atoms with van der Waals surface area (Å²) >= 11 is 12.7. The van der Waals surface area contributed by atoms with Crippen LogP contribution in [0.1, 0.15) is 28.3 Å². The number of carbonyl (C=O) groups excluding carboxylic acids is 1. The Morgan fingerprint density at radius 2 is 2.06 bits per heavy atom. The van der Waals surface area contributed by atoms with Crippen LogP contribution in [-0.2, 0) is 0 Å². The summed E-state index contributed by atoms with van der Waals surface area (Å²) in [5.41, 5.74) is 0.850. The Morgan fingerprint density at radius 3 is 2.67 bits per heavy atom. The van der Waals surface area contributed by atoms with Crippen molar-refractivity contribution < 1.29 is 4.79 Å². The fourth-order valence-electron chi connectivity index (χ4n) is 1.46. The second-order valence-corrected chi connectivity index (χ2v) is 5.54. The SMILES string of the molecule is CC(NC(=O)c1nnc(Cl)s1)c1ccccc1Cl.